The molecule has 1 heterocycles. The van der Waals surface area contributed by atoms with Crippen LogP contribution in [0.3, 0.4) is 0 Å². The number of amides is 1. The first-order valence-electron chi connectivity index (χ1n) is 7.79. The van der Waals surface area contributed by atoms with Crippen LogP contribution in [-0.2, 0) is 9.53 Å². The minimum Gasteiger partial charge on any atom is -0.497 e. The van der Waals surface area contributed by atoms with Gasteiger partial charge in [0.05, 0.1) is 26.9 Å². The van der Waals surface area contributed by atoms with Crippen molar-refractivity contribution < 1.29 is 19.4 Å². The Kier molecular flexibility index (Phi) is 4.79. The highest BCUT2D eigenvalue weighted by molar-refractivity contribution is 5.84. The molecule has 0 saturated carbocycles. The van der Waals surface area contributed by atoms with Crippen LogP contribution in [0.4, 0.5) is 0 Å². The Morgan fingerprint density at radius 3 is 2.87 bits per heavy atom. The first-order chi connectivity index (χ1) is 11.2. The second kappa shape index (κ2) is 6.98. The molecule has 5 heteroatoms. The number of aliphatic hydroxyl groups is 1. The standard InChI is InChI=1S/C18H21NO4/c1-22-16-5-4-13-10-15(3-2-14(13)11-16)17-12-19(7-9-23-17)18(21)6-8-20/h2-5,10-11,17,20H,6-9,12H2,1H3/t17-/m0/s1. The molecule has 1 atom stereocenters. The van der Waals surface area contributed by atoms with E-state index in [9.17, 15) is 4.79 Å². The molecule has 1 saturated heterocycles. The highest BCUT2D eigenvalue weighted by Gasteiger charge is 2.25. The number of methoxy groups -OCH3 is 1. The Balaban J connectivity index is 1.80. The molecule has 1 fully saturated rings. The van der Waals surface area contributed by atoms with Crippen molar-refractivity contribution in [3.63, 3.8) is 0 Å². The molecule has 0 aliphatic carbocycles. The smallest absolute Gasteiger partial charge is 0.225 e. The maximum atomic E-state index is 12.0. The normalized spacial score (nSPS) is 18.2. The molecule has 0 unspecified atom stereocenters. The van der Waals surface area contributed by atoms with E-state index in [1.807, 2.05) is 30.3 Å². The van der Waals surface area contributed by atoms with Gasteiger partial charge in [0, 0.05) is 13.0 Å². The Morgan fingerprint density at radius 1 is 1.30 bits per heavy atom. The third-order valence-corrected chi connectivity index (χ3v) is 4.19. The average molecular weight is 315 g/mol. The third-order valence-electron chi connectivity index (χ3n) is 4.19. The van der Waals surface area contributed by atoms with E-state index in [0.29, 0.717) is 19.7 Å². The summed E-state index contributed by atoms with van der Waals surface area (Å²) in [5.74, 6) is 0.811. The monoisotopic (exact) mass is 315 g/mol. The molecule has 0 bridgehead atoms. The van der Waals surface area contributed by atoms with Crippen molar-refractivity contribution in [3.8, 4) is 5.75 Å². The van der Waals surface area contributed by atoms with Gasteiger partial charge in [0.1, 0.15) is 11.9 Å². The summed E-state index contributed by atoms with van der Waals surface area (Å²) < 4.78 is 11.1. The van der Waals surface area contributed by atoms with Crippen LogP contribution in [0.2, 0.25) is 0 Å². The topological polar surface area (TPSA) is 59.0 Å². The second-order valence-corrected chi connectivity index (χ2v) is 5.65. The Hall–Kier alpha value is -2.11. The van der Waals surface area contributed by atoms with Crippen LogP contribution in [0.1, 0.15) is 18.1 Å². The van der Waals surface area contributed by atoms with Crippen molar-refractivity contribution in [2.45, 2.75) is 12.5 Å². The number of carbonyl (C=O) groups is 1. The lowest BCUT2D eigenvalue weighted by molar-refractivity contribution is -0.139. The molecule has 1 aliphatic heterocycles. The number of carbonyl (C=O) groups excluding carboxylic acids is 1. The van der Waals surface area contributed by atoms with Gasteiger partial charge in [-0.1, -0.05) is 18.2 Å². The van der Waals surface area contributed by atoms with Crippen molar-refractivity contribution in [3.05, 3.63) is 42.0 Å². The van der Waals surface area contributed by atoms with E-state index in [2.05, 4.69) is 6.07 Å². The third kappa shape index (κ3) is 3.46. The fraction of sp³-hybridized carbons (Fsp3) is 0.389. The van der Waals surface area contributed by atoms with Gasteiger partial charge in [-0.2, -0.15) is 0 Å². The van der Waals surface area contributed by atoms with Crippen LogP contribution < -0.4 is 4.74 Å². The van der Waals surface area contributed by atoms with Gasteiger partial charge in [-0.15, -0.1) is 0 Å². The van der Waals surface area contributed by atoms with Gasteiger partial charge in [0.2, 0.25) is 5.91 Å². The predicted molar refractivity (Wildman–Crippen MR) is 87.5 cm³/mol. The van der Waals surface area contributed by atoms with Gasteiger partial charge in [-0.05, 0) is 34.5 Å². The zero-order chi connectivity index (χ0) is 16.2. The van der Waals surface area contributed by atoms with Crippen LogP contribution in [0.15, 0.2) is 36.4 Å². The minimum absolute atomic E-state index is 0.0219. The van der Waals surface area contributed by atoms with Crippen LogP contribution in [0.5, 0.6) is 5.75 Å². The van der Waals surface area contributed by atoms with E-state index in [1.54, 1.807) is 12.0 Å². The maximum absolute atomic E-state index is 12.0. The Morgan fingerprint density at radius 2 is 2.09 bits per heavy atom. The lowest BCUT2D eigenvalue weighted by Gasteiger charge is -2.33. The summed E-state index contributed by atoms with van der Waals surface area (Å²) in [5.41, 5.74) is 1.06. The quantitative estimate of drug-likeness (QED) is 0.939. The molecule has 1 N–H and O–H groups in total. The van der Waals surface area contributed by atoms with Gasteiger partial charge < -0.3 is 19.5 Å². The lowest BCUT2D eigenvalue weighted by Crippen LogP contribution is -2.42. The molecule has 122 valence electrons. The summed E-state index contributed by atoms with van der Waals surface area (Å²) in [6.45, 7) is 1.52. The van der Waals surface area contributed by atoms with E-state index >= 15 is 0 Å². The summed E-state index contributed by atoms with van der Waals surface area (Å²) in [7, 11) is 1.66. The van der Waals surface area contributed by atoms with Gasteiger partial charge in [-0.25, -0.2) is 0 Å². The number of benzene rings is 2. The molecule has 2 aromatic rings. The number of morpholine rings is 1. The first kappa shape index (κ1) is 15.8. The molecule has 1 aliphatic rings. The van der Waals surface area contributed by atoms with Gasteiger partial charge >= 0.3 is 0 Å². The van der Waals surface area contributed by atoms with Crippen LogP contribution >= 0.6 is 0 Å². The van der Waals surface area contributed by atoms with E-state index in [1.165, 1.54) is 0 Å². The summed E-state index contributed by atoms with van der Waals surface area (Å²) >= 11 is 0. The largest absolute Gasteiger partial charge is 0.497 e. The van der Waals surface area contributed by atoms with Crippen molar-refractivity contribution in [1.82, 2.24) is 4.90 Å². The molecule has 0 spiro atoms. The SMILES string of the molecule is COc1ccc2cc([C@@H]3CN(C(=O)CCO)CCO3)ccc2c1. The molecule has 0 radical (unpaired) electrons. The van der Waals surface area contributed by atoms with Crippen molar-refractivity contribution in [2.24, 2.45) is 0 Å². The average Bonchev–Trinajstić information content (AvgIpc) is 2.61. The van der Waals surface area contributed by atoms with Crippen LogP contribution in [-0.4, -0.2) is 49.3 Å². The van der Waals surface area contributed by atoms with Crippen molar-refractivity contribution >= 4 is 16.7 Å². The summed E-state index contributed by atoms with van der Waals surface area (Å²) in [6, 6.07) is 12.1. The van der Waals surface area contributed by atoms with Crippen molar-refractivity contribution in [2.75, 3.05) is 33.4 Å². The second-order valence-electron chi connectivity index (χ2n) is 5.65. The lowest BCUT2D eigenvalue weighted by atomic mass is 10.0. The van der Waals surface area contributed by atoms with Gasteiger partial charge in [0.15, 0.2) is 0 Å². The molecule has 0 aromatic heterocycles. The van der Waals surface area contributed by atoms with Gasteiger partial charge in [0.25, 0.3) is 0 Å². The number of hydrogen-bond acceptors (Lipinski definition) is 4. The van der Waals surface area contributed by atoms with E-state index in [0.717, 1.165) is 22.1 Å². The predicted octanol–water partition coefficient (Wildman–Crippen LogP) is 2.13. The molecule has 3 rings (SSSR count). The highest BCUT2D eigenvalue weighted by Crippen LogP contribution is 2.28. The molecule has 23 heavy (non-hydrogen) atoms. The molecular weight excluding hydrogens is 294 g/mol. The molecular formula is C18H21NO4. The van der Waals surface area contributed by atoms with Crippen molar-refractivity contribution in [1.29, 1.82) is 0 Å². The van der Waals surface area contributed by atoms with E-state index < -0.39 is 0 Å². The Bertz CT molecular complexity index is 700. The molecule has 5 nitrogen and oxygen atoms in total. The zero-order valence-corrected chi connectivity index (χ0v) is 13.2. The number of fused-ring (bicyclic) bond motifs is 1. The van der Waals surface area contributed by atoms with E-state index in [4.69, 9.17) is 14.6 Å². The fourth-order valence-electron chi connectivity index (χ4n) is 2.90. The summed E-state index contributed by atoms with van der Waals surface area (Å²) in [6.07, 6.45) is 0.0439. The van der Waals surface area contributed by atoms with E-state index in [-0.39, 0.29) is 25.0 Å². The minimum atomic E-state index is -0.127. The number of ether oxygens (including phenoxy) is 2. The van der Waals surface area contributed by atoms with Crippen LogP contribution in [0, 0.1) is 0 Å². The molecule has 1 amide bonds. The summed E-state index contributed by atoms with van der Waals surface area (Å²) in [5, 5.41) is 11.1. The Labute approximate surface area is 135 Å². The zero-order valence-electron chi connectivity index (χ0n) is 13.2. The van der Waals surface area contributed by atoms with Crippen LogP contribution in [0.25, 0.3) is 10.8 Å². The first-order valence-corrected chi connectivity index (χ1v) is 7.79. The number of aliphatic hydroxyl groups excluding tert-OH is 1. The number of nitrogens with zero attached hydrogens (tertiary/aromatic N) is 1. The highest BCUT2D eigenvalue weighted by atomic mass is 16.5. The maximum Gasteiger partial charge on any atom is 0.225 e. The fourth-order valence-corrected chi connectivity index (χ4v) is 2.90. The molecule has 2 aromatic carbocycles. The van der Waals surface area contributed by atoms with Gasteiger partial charge in [-0.3, -0.25) is 4.79 Å². The summed E-state index contributed by atoms with van der Waals surface area (Å²) in [4.78, 5) is 13.7. The number of rotatable bonds is 4. The number of hydrogen-bond donors (Lipinski definition) is 1.